The number of imidazole rings is 1. The van der Waals surface area contributed by atoms with Crippen LogP contribution < -0.4 is 5.32 Å². The summed E-state index contributed by atoms with van der Waals surface area (Å²) in [6.07, 6.45) is 9.63. The van der Waals surface area contributed by atoms with Crippen LogP contribution in [0.2, 0.25) is 0 Å². The predicted octanol–water partition coefficient (Wildman–Crippen LogP) is 1.70. The number of aryl methyl sites for hydroxylation is 1. The number of rotatable bonds is 8. The molecule has 0 aliphatic heterocycles. The molecule has 1 N–H and O–H groups in total. The van der Waals surface area contributed by atoms with Crippen molar-refractivity contribution in [3.05, 3.63) is 18.2 Å². The van der Waals surface area contributed by atoms with Crippen LogP contribution in [0.5, 0.6) is 0 Å². The lowest BCUT2D eigenvalue weighted by Gasteiger charge is -2.04. The Balaban J connectivity index is 1.96. The van der Waals surface area contributed by atoms with Gasteiger partial charge in [0, 0.05) is 32.4 Å². The van der Waals surface area contributed by atoms with Gasteiger partial charge in [-0.15, -0.1) is 0 Å². The molecule has 4 heteroatoms. The molecule has 1 aromatic heterocycles. The van der Waals surface area contributed by atoms with Gasteiger partial charge < -0.3 is 9.88 Å². The van der Waals surface area contributed by atoms with Crippen molar-refractivity contribution in [2.75, 3.05) is 25.1 Å². The molecule has 0 fully saturated rings. The Bertz CT molecular complexity index is 260. The molecular weight excluding hydrogens is 206 g/mol. The molecule has 0 aliphatic rings. The molecule has 86 valence electrons. The van der Waals surface area contributed by atoms with Gasteiger partial charge in [0.25, 0.3) is 0 Å². The third-order valence-electron chi connectivity index (χ3n) is 2.40. The first-order valence-corrected chi connectivity index (χ1v) is 6.90. The van der Waals surface area contributed by atoms with Crippen LogP contribution in [0.15, 0.2) is 12.4 Å². The lowest BCUT2D eigenvalue weighted by Crippen LogP contribution is -2.19. The summed E-state index contributed by atoms with van der Waals surface area (Å²) in [5.74, 6) is 2.44. The fraction of sp³-hybridized carbons (Fsp3) is 0.727. The van der Waals surface area contributed by atoms with E-state index in [-0.39, 0.29) is 0 Å². The normalized spacial score (nSPS) is 10.8. The Hall–Kier alpha value is -0.480. The highest BCUT2D eigenvalue weighted by Crippen LogP contribution is 1.98. The lowest BCUT2D eigenvalue weighted by atomic mass is 10.3. The maximum absolute atomic E-state index is 4.28. The first-order chi connectivity index (χ1) is 7.34. The molecule has 0 atom stereocenters. The summed E-state index contributed by atoms with van der Waals surface area (Å²) in [7, 11) is 2.04. The Morgan fingerprint density at radius 2 is 2.27 bits per heavy atom. The van der Waals surface area contributed by atoms with Crippen molar-refractivity contribution in [2.45, 2.75) is 19.3 Å². The monoisotopic (exact) mass is 227 g/mol. The van der Waals surface area contributed by atoms with Gasteiger partial charge in [-0.3, -0.25) is 0 Å². The quantitative estimate of drug-likeness (QED) is 0.686. The SMILES string of the molecule is CSCCCCNCCc1nccn1C. The van der Waals surface area contributed by atoms with Crippen LogP contribution in [-0.2, 0) is 13.5 Å². The summed E-state index contributed by atoms with van der Waals surface area (Å²) < 4.78 is 2.08. The second kappa shape index (κ2) is 7.77. The molecule has 0 aliphatic carbocycles. The summed E-state index contributed by atoms with van der Waals surface area (Å²) in [4.78, 5) is 4.28. The maximum atomic E-state index is 4.28. The summed E-state index contributed by atoms with van der Waals surface area (Å²) in [6, 6.07) is 0. The number of aromatic nitrogens is 2. The molecule has 15 heavy (non-hydrogen) atoms. The summed E-state index contributed by atoms with van der Waals surface area (Å²) in [6.45, 7) is 2.16. The number of nitrogens with zero attached hydrogens (tertiary/aromatic N) is 2. The van der Waals surface area contributed by atoms with Crippen molar-refractivity contribution in [3.63, 3.8) is 0 Å². The molecule has 0 bridgehead atoms. The minimum absolute atomic E-state index is 1.02. The van der Waals surface area contributed by atoms with Gasteiger partial charge in [-0.05, 0) is 31.4 Å². The maximum Gasteiger partial charge on any atom is 0.109 e. The Morgan fingerprint density at radius 3 is 2.93 bits per heavy atom. The van der Waals surface area contributed by atoms with Crippen molar-refractivity contribution in [2.24, 2.45) is 7.05 Å². The summed E-state index contributed by atoms with van der Waals surface area (Å²) in [5, 5.41) is 3.45. The molecule has 0 spiro atoms. The van der Waals surface area contributed by atoms with Crippen molar-refractivity contribution in [1.82, 2.24) is 14.9 Å². The van der Waals surface area contributed by atoms with Crippen molar-refractivity contribution in [1.29, 1.82) is 0 Å². The van der Waals surface area contributed by atoms with Gasteiger partial charge in [0.15, 0.2) is 0 Å². The number of hydrogen-bond donors (Lipinski definition) is 1. The standard InChI is InChI=1S/C11H21N3S/c1-14-9-8-13-11(14)5-7-12-6-3-4-10-15-2/h8-9,12H,3-7,10H2,1-2H3. The van der Waals surface area contributed by atoms with Gasteiger partial charge in [-0.1, -0.05) is 0 Å². The van der Waals surface area contributed by atoms with E-state index in [0.29, 0.717) is 0 Å². The Kier molecular flexibility index (Phi) is 6.52. The highest BCUT2D eigenvalue weighted by Gasteiger charge is 1.97. The zero-order valence-corrected chi connectivity index (χ0v) is 10.5. The van der Waals surface area contributed by atoms with Crippen molar-refractivity contribution >= 4 is 11.8 Å². The molecule has 0 unspecified atom stereocenters. The van der Waals surface area contributed by atoms with E-state index in [1.807, 2.05) is 31.2 Å². The average Bonchev–Trinajstić information content (AvgIpc) is 2.63. The second-order valence-electron chi connectivity index (χ2n) is 3.65. The number of thioether (sulfide) groups is 1. The third kappa shape index (κ3) is 5.23. The molecule has 0 aromatic carbocycles. The van der Waals surface area contributed by atoms with Crippen LogP contribution in [0, 0.1) is 0 Å². The van der Waals surface area contributed by atoms with Crippen LogP contribution >= 0.6 is 11.8 Å². The lowest BCUT2D eigenvalue weighted by molar-refractivity contribution is 0.624. The van der Waals surface area contributed by atoms with E-state index in [9.17, 15) is 0 Å². The number of unbranched alkanes of at least 4 members (excludes halogenated alkanes) is 1. The van der Waals surface area contributed by atoms with E-state index in [2.05, 4.69) is 21.1 Å². The fourth-order valence-corrected chi connectivity index (χ4v) is 1.95. The van der Waals surface area contributed by atoms with Gasteiger partial charge in [0.05, 0.1) is 0 Å². The fourth-order valence-electron chi connectivity index (χ4n) is 1.46. The van der Waals surface area contributed by atoms with Gasteiger partial charge in [0.2, 0.25) is 0 Å². The van der Waals surface area contributed by atoms with E-state index in [4.69, 9.17) is 0 Å². The predicted molar refractivity (Wildman–Crippen MR) is 67.4 cm³/mol. The second-order valence-corrected chi connectivity index (χ2v) is 4.64. The molecular formula is C11H21N3S. The van der Waals surface area contributed by atoms with E-state index in [1.54, 1.807) is 0 Å². The van der Waals surface area contributed by atoms with Crippen LogP contribution in [0.4, 0.5) is 0 Å². The minimum atomic E-state index is 1.02. The van der Waals surface area contributed by atoms with Gasteiger partial charge >= 0.3 is 0 Å². The molecule has 3 nitrogen and oxygen atoms in total. The highest BCUT2D eigenvalue weighted by molar-refractivity contribution is 7.98. The zero-order chi connectivity index (χ0) is 10.9. The molecule has 0 saturated carbocycles. The van der Waals surface area contributed by atoms with Crippen LogP contribution in [0.3, 0.4) is 0 Å². The van der Waals surface area contributed by atoms with Crippen molar-refractivity contribution in [3.8, 4) is 0 Å². The molecule has 0 amide bonds. The topological polar surface area (TPSA) is 29.9 Å². The largest absolute Gasteiger partial charge is 0.338 e. The van der Waals surface area contributed by atoms with E-state index < -0.39 is 0 Å². The zero-order valence-electron chi connectivity index (χ0n) is 9.70. The number of nitrogens with one attached hydrogen (secondary N) is 1. The number of hydrogen-bond acceptors (Lipinski definition) is 3. The third-order valence-corrected chi connectivity index (χ3v) is 3.10. The van der Waals surface area contributed by atoms with Crippen LogP contribution in [0.1, 0.15) is 18.7 Å². The highest BCUT2D eigenvalue weighted by atomic mass is 32.2. The van der Waals surface area contributed by atoms with E-state index >= 15 is 0 Å². The molecule has 1 rings (SSSR count). The van der Waals surface area contributed by atoms with Gasteiger partial charge in [-0.25, -0.2) is 4.98 Å². The first kappa shape index (κ1) is 12.6. The van der Waals surface area contributed by atoms with Crippen LogP contribution in [-0.4, -0.2) is 34.6 Å². The average molecular weight is 227 g/mol. The molecule has 0 saturated heterocycles. The van der Waals surface area contributed by atoms with Crippen LogP contribution in [0.25, 0.3) is 0 Å². The minimum Gasteiger partial charge on any atom is -0.338 e. The Labute approximate surface area is 96.7 Å². The summed E-state index contributed by atoms with van der Waals surface area (Å²) >= 11 is 1.92. The molecule has 1 aromatic rings. The smallest absolute Gasteiger partial charge is 0.109 e. The van der Waals surface area contributed by atoms with E-state index in [1.165, 1.54) is 18.6 Å². The molecule has 1 heterocycles. The van der Waals surface area contributed by atoms with Crippen molar-refractivity contribution < 1.29 is 0 Å². The Morgan fingerprint density at radius 1 is 1.40 bits per heavy atom. The first-order valence-electron chi connectivity index (χ1n) is 5.50. The molecule has 0 radical (unpaired) electrons. The van der Waals surface area contributed by atoms with Gasteiger partial charge in [0.1, 0.15) is 5.82 Å². The summed E-state index contributed by atoms with van der Waals surface area (Å²) in [5.41, 5.74) is 0. The van der Waals surface area contributed by atoms with Gasteiger partial charge in [-0.2, -0.15) is 11.8 Å². The van der Waals surface area contributed by atoms with E-state index in [0.717, 1.165) is 25.3 Å².